The summed E-state index contributed by atoms with van der Waals surface area (Å²) in [5.74, 6) is 1.85. The van der Waals surface area contributed by atoms with Gasteiger partial charge in [0.1, 0.15) is 22.6 Å². The number of halogens is 1. The molecule has 0 saturated carbocycles. The van der Waals surface area contributed by atoms with E-state index < -0.39 is 9.05 Å². The van der Waals surface area contributed by atoms with E-state index in [9.17, 15) is 8.42 Å². The lowest BCUT2D eigenvalue weighted by Crippen LogP contribution is -1.89. The number of hydrogen-bond donors (Lipinski definition) is 2. The molecule has 2 N–H and O–H groups in total. The second-order valence-corrected chi connectivity index (χ2v) is 13.0. The maximum Gasteiger partial charge on any atom is 0.261 e. The first kappa shape index (κ1) is 25.0. The zero-order valence-corrected chi connectivity index (χ0v) is 24.0. The first-order valence-corrected chi connectivity index (χ1v) is 15.9. The van der Waals surface area contributed by atoms with Crippen molar-refractivity contribution in [1.82, 2.24) is 39.9 Å². The van der Waals surface area contributed by atoms with E-state index in [1.165, 1.54) is 12.1 Å². The third-order valence-electron chi connectivity index (χ3n) is 7.81. The van der Waals surface area contributed by atoms with Gasteiger partial charge in [0.25, 0.3) is 9.05 Å². The van der Waals surface area contributed by atoms with Crippen LogP contribution in [0.15, 0.2) is 95.9 Å². The molecular formula is C32H17ClN8O2S. The van der Waals surface area contributed by atoms with Gasteiger partial charge in [0.05, 0.1) is 4.90 Å². The predicted octanol–water partition coefficient (Wildman–Crippen LogP) is 6.80. The summed E-state index contributed by atoms with van der Waals surface area (Å²) in [7, 11) is 1.73. The summed E-state index contributed by atoms with van der Waals surface area (Å²) >= 11 is 0. The van der Waals surface area contributed by atoms with Crippen LogP contribution in [0.25, 0.3) is 89.7 Å². The highest BCUT2D eigenvalue weighted by Crippen LogP contribution is 2.37. The molecule has 9 rings (SSSR count). The van der Waals surface area contributed by atoms with Gasteiger partial charge in [-0.1, -0.05) is 72.8 Å². The van der Waals surface area contributed by atoms with Gasteiger partial charge in [-0.3, -0.25) is 0 Å². The molecule has 2 aliphatic heterocycles. The molecule has 12 heteroatoms. The zero-order chi connectivity index (χ0) is 29.6. The molecule has 210 valence electrons. The molecule has 0 fully saturated rings. The Morgan fingerprint density at radius 1 is 0.455 bits per heavy atom. The van der Waals surface area contributed by atoms with Crippen LogP contribution in [-0.2, 0) is 9.05 Å². The van der Waals surface area contributed by atoms with Crippen molar-refractivity contribution in [3.63, 3.8) is 0 Å². The van der Waals surface area contributed by atoms with E-state index in [-0.39, 0.29) is 4.90 Å². The Hall–Kier alpha value is -5.52. The lowest BCUT2D eigenvalue weighted by Gasteiger charge is -1.97. The average molecular weight is 613 g/mol. The summed E-state index contributed by atoms with van der Waals surface area (Å²) in [6, 6.07) is 27.9. The first-order valence-electron chi connectivity index (χ1n) is 13.6. The Bertz CT molecular complexity index is 2660. The van der Waals surface area contributed by atoms with Gasteiger partial charge in [0, 0.05) is 54.5 Å². The van der Waals surface area contributed by atoms with Crippen LogP contribution >= 0.6 is 10.7 Å². The van der Waals surface area contributed by atoms with Crippen LogP contribution < -0.4 is 0 Å². The fraction of sp³-hybridized carbons (Fsp3) is 0. The number of aromatic nitrogens is 8. The van der Waals surface area contributed by atoms with Crippen LogP contribution in [0.3, 0.4) is 0 Å². The van der Waals surface area contributed by atoms with Crippen LogP contribution in [0, 0.1) is 0 Å². The highest BCUT2D eigenvalue weighted by atomic mass is 35.7. The normalized spacial score (nSPS) is 12.4. The van der Waals surface area contributed by atoms with Gasteiger partial charge in [0.15, 0.2) is 23.3 Å². The molecule has 0 atom stereocenters. The smallest absolute Gasteiger partial charge is 0.261 e. The van der Waals surface area contributed by atoms with E-state index in [4.69, 9.17) is 40.6 Å². The van der Waals surface area contributed by atoms with Crippen LogP contribution in [0.4, 0.5) is 0 Å². The van der Waals surface area contributed by atoms with Crippen LogP contribution in [0.1, 0.15) is 0 Å². The number of fused-ring (bicyclic) bond motifs is 20. The standard InChI is InChI=1S/C32H17ClN8O2S/c33-44(42,43)16-13-14-23-24(15-16)32-40-30-22-12-6-5-11-21(22)28(38-30)36-26-18-8-2-1-7-17(18)25(34-26)35-27-19-9-3-4-10-20(19)29(37-27)39-31(23)41-32/h1-15H,(H2,34,35,36,37,38,39,40,41). The van der Waals surface area contributed by atoms with Crippen molar-refractivity contribution in [2.45, 2.75) is 4.90 Å². The average Bonchev–Trinajstić information content (AvgIpc) is 3.76. The van der Waals surface area contributed by atoms with Crippen molar-refractivity contribution in [3.05, 3.63) is 91.0 Å². The van der Waals surface area contributed by atoms with Gasteiger partial charge in [-0.25, -0.2) is 38.3 Å². The second kappa shape index (κ2) is 8.99. The van der Waals surface area contributed by atoms with E-state index in [1.54, 1.807) is 6.07 Å². The van der Waals surface area contributed by atoms with Crippen LogP contribution in [0.5, 0.6) is 0 Å². The molecule has 0 saturated heterocycles. The molecule has 2 aliphatic rings. The Balaban J connectivity index is 1.50. The molecule has 44 heavy (non-hydrogen) atoms. The fourth-order valence-electron chi connectivity index (χ4n) is 5.77. The maximum atomic E-state index is 12.3. The summed E-state index contributed by atoms with van der Waals surface area (Å²) in [5.41, 5.74) is 5.28. The molecule has 3 aromatic heterocycles. The second-order valence-electron chi connectivity index (χ2n) is 10.4. The molecule has 5 heterocycles. The fourth-order valence-corrected chi connectivity index (χ4v) is 6.55. The van der Waals surface area contributed by atoms with Crippen molar-refractivity contribution in [2.75, 3.05) is 0 Å². The highest BCUT2D eigenvalue weighted by molar-refractivity contribution is 8.13. The van der Waals surface area contributed by atoms with Gasteiger partial charge in [-0.2, -0.15) is 0 Å². The van der Waals surface area contributed by atoms with Crippen molar-refractivity contribution >= 4 is 63.9 Å². The van der Waals surface area contributed by atoms with Crippen LogP contribution in [0.2, 0.25) is 0 Å². The van der Waals surface area contributed by atoms with Gasteiger partial charge in [-0.05, 0) is 18.2 Å². The zero-order valence-electron chi connectivity index (χ0n) is 22.4. The van der Waals surface area contributed by atoms with Crippen LogP contribution in [-0.4, -0.2) is 48.3 Å². The number of nitrogens with zero attached hydrogens (tertiary/aromatic N) is 6. The third-order valence-corrected chi connectivity index (χ3v) is 9.16. The number of nitrogens with one attached hydrogen (secondary N) is 2. The molecule has 0 spiro atoms. The monoisotopic (exact) mass is 612 g/mol. The minimum atomic E-state index is -4.00. The molecule has 0 aliphatic carbocycles. The van der Waals surface area contributed by atoms with E-state index in [0.717, 1.165) is 33.0 Å². The lowest BCUT2D eigenvalue weighted by molar-refractivity contribution is 0.609. The largest absolute Gasteiger partial charge is 0.324 e. The summed E-state index contributed by atoms with van der Waals surface area (Å²) in [6.07, 6.45) is 0. The van der Waals surface area contributed by atoms with Gasteiger partial charge < -0.3 is 9.97 Å². The van der Waals surface area contributed by atoms with E-state index in [2.05, 4.69) is 9.97 Å². The van der Waals surface area contributed by atoms with Gasteiger partial charge in [0.2, 0.25) is 0 Å². The summed E-state index contributed by atoms with van der Waals surface area (Å²) in [5, 5.41) is 2.94. The van der Waals surface area contributed by atoms with Crippen molar-refractivity contribution in [1.29, 1.82) is 0 Å². The molecule has 4 aromatic carbocycles. The Labute approximate surface area is 253 Å². The quantitative estimate of drug-likeness (QED) is 0.193. The first-order chi connectivity index (χ1) is 21.4. The predicted molar refractivity (Wildman–Crippen MR) is 169 cm³/mol. The lowest BCUT2D eigenvalue weighted by atomic mass is 10.1. The van der Waals surface area contributed by atoms with Crippen molar-refractivity contribution in [2.24, 2.45) is 0 Å². The molecule has 8 bridgehead atoms. The molecular weight excluding hydrogens is 596 g/mol. The Morgan fingerprint density at radius 3 is 1.23 bits per heavy atom. The molecule has 7 aromatic rings. The van der Waals surface area contributed by atoms with E-state index in [1.807, 2.05) is 72.8 Å². The third kappa shape index (κ3) is 3.76. The van der Waals surface area contributed by atoms with Crippen molar-refractivity contribution < 1.29 is 8.42 Å². The molecule has 0 unspecified atom stereocenters. The number of rotatable bonds is 1. The number of aromatic amines is 2. The van der Waals surface area contributed by atoms with Gasteiger partial charge in [-0.15, -0.1) is 0 Å². The minimum Gasteiger partial charge on any atom is -0.324 e. The molecule has 0 amide bonds. The Morgan fingerprint density at radius 2 is 0.818 bits per heavy atom. The summed E-state index contributed by atoms with van der Waals surface area (Å²) in [6.45, 7) is 0. The van der Waals surface area contributed by atoms with E-state index >= 15 is 0 Å². The summed E-state index contributed by atoms with van der Waals surface area (Å²) in [4.78, 5) is 36.1. The van der Waals surface area contributed by atoms with Gasteiger partial charge >= 0.3 is 0 Å². The summed E-state index contributed by atoms with van der Waals surface area (Å²) < 4.78 is 24.6. The maximum absolute atomic E-state index is 12.3. The van der Waals surface area contributed by atoms with Crippen molar-refractivity contribution in [3.8, 4) is 45.6 Å². The number of benzene rings is 4. The molecule has 10 nitrogen and oxygen atoms in total. The number of H-pyrrole nitrogens is 2. The number of hydrogen-bond acceptors (Lipinski definition) is 8. The minimum absolute atomic E-state index is 0.0530. The Kier molecular flexibility index (Phi) is 5.11. The molecule has 0 radical (unpaired) electrons. The van der Waals surface area contributed by atoms with E-state index in [0.29, 0.717) is 56.7 Å². The SMILES string of the molecule is O=S(=O)(Cl)c1ccc2c3nc4nc(nc5[nH]c(nc6nc(nc([nH]3)c2c1)-c1ccccc1-6)c1ccccc51)-c1ccccc1-4. The highest BCUT2D eigenvalue weighted by Gasteiger charge is 2.22. The topological polar surface area (TPSA) is 143 Å².